The van der Waals surface area contributed by atoms with Crippen LogP contribution in [0.1, 0.15) is 32.7 Å². The summed E-state index contributed by atoms with van der Waals surface area (Å²) in [5.74, 6) is -0.440. The molecule has 0 bridgehead atoms. The maximum atomic E-state index is 12.7. The normalized spacial score (nSPS) is 10.7. The largest absolute Gasteiger partial charge is 0.486 e. The molecule has 0 spiro atoms. The van der Waals surface area contributed by atoms with Gasteiger partial charge < -0.3 is 14.5 Å². The van der Waals surface area contributed by atoms with Crippen LogP contribution in [-0.2, 0) is 11.4 Å². The maximum absolute atomic E-state index is 12.7. The van der Waals surface area contributed by atoms with Gasteiger partial charge in [-0.15, -0.1) is 0 Å². The summed E-state index contributed by atoms with van der Waals surface area (Å²) < 4.78 is 7.83. The Morgan fingerprint density at radius 1 is 0.971 bits per heavy atom. The van der Waals surface area contributed by atoms with Crippen molar-refractivity contribution in [3.63, 3.8) is 0 Å². The first-order valence-corrected chi connectivity index (χ1v) is 11.0. The van der Waals surface area contributed by atoms with Crippen LogP contribution in [0.25, 0.3) is 5.65 Å². The number of pyridine rings is 1. The number of hydrazine groups is 1. The first kappa shape index (κ1) is 22.8. The maximum Gasteiger partial charge on any atom is 0.273 e. The molecule has 0 fully saturated rings. The molecule has 2 aromatic carbocycles. The zero-order valence-corrected chi connectivity index (χ0v) is 19.4. The molecule has 8 heteroatoms. The van der Waals surface area contributed by atoms with Crippen LogP contribution in [0.4, 0.5) is 5.69 Å². The lowest BCUT2D eigenvalue weighted by Crippen LogP contribution is -2.44. The molecule has 4 aromatic rings. The summed E-state index contributed by atoms with van der Waals surface area (Å²) in [6.45, 7) is 6.21. The molecule has 2 heterocycles. The SMILES string of the molecule is Cc1ccc(NCC(=O)NNC(=O)c2ccccc2OCc2cn3cccc(C)c3n2)c(C)c1. The molecule has 0 atom stereocenters. The van der Waals surface area contributed by atoms with Gasteiger partial charge in [0.05, 0.1) is 17.8 Å². The summed E-state index contributed by atoms with van der Waals surface area (Å²) in [6, 6.07) is 16.8. The molecular weight excluding hydrogens is 430 g/mol. The predicted molar refractivity (Wildman–Crippen MR) is 131 cm³/mol. The summed E-state index contributed by atoms with van der Waals surface area (Å²) in [4.78, 5) is 29.5. The van der Waals surface area contributed by atoms with Crippen molar-refractivity contribution in [2.24, 2.45) is 0 Å². The third-order valence-corrected chi connectivity index (χ3v) is 5.37. The Morgan fingerprint density at radius 2 is 1.79 bits per heavy atom. The van der Waals surface area contributed by atoms with Crippen molar-refractivity contribution in [2.45, 2.75) is 27.4 Å². The van der Waals surface area contributed by atoms with Crippen molar-refractivity contribution in [3.05, 3.63) is 94.9 Å². The molecule has 2 amide bonds. The minimum absolute atomic E-state index is 0.0234. The van der Waals surface area contributed by atoms with E-state index < -0.39 is 5.91 Å². The number of nitrogens with zero attached hydrogens (tertiary/aromatic N) is 2. The Bertz CT molecular complexity index is 1350. The van der Waals surface area contributed by atoms with Gasteiger partial charge in [-0.3, -0.25) is 20.4 Å². The molecule has 3 N–H and O–H groups in total. The number of benzene rings is 2. The first-order chi connectivity index (χ1) is 16.4. The average Bonchev–Trinajstić information content (AvgIpc) is 3.25. The van der Waals surface area contributed by atoms with E-state index in [9.17, 15) is 9.59 Å². The van der Waals surface area contributed by atoms with E-state index in [-0.39, 0.29) is 19.1 Å². The molecule has 2 aromatic heterocycles. The molecular formula is C26H27N5O3. The molecule has 0 saturated heterocycles. The van der Waals surface area contributed by atoms with Gasteiger partial charge in [-0.25, -0.2) is 4.98 Å². The second-order valence-corrected chi connectivity index (χ2v) is 8.11. The Hall–Kier alpha value is -4.33. The highest BCUT2D eigenvalue weighted by Crippen LogP contribution is 2.20. The Kier molecular flexibility index (Phi) is 6.77. The number of aryl methyl sites for hydroxylation is 3. The molecule has 34 heavy (non-hydrogen) atoms. The Morgan fingerprint density at radius 3 is 2.59 bits per heavy atom. The predicted octanol–water partition coefficient (Wildman–Crippen LogP) is 3.71. The van der Waals surface area contributed by atoms with Crippen molar-refractivity contribution < 1.29 is 14.3 Å². The minimum Gasteiger partial charge on any atom is -0.486 e. The van der Waals surface area contributed by atoms with Crippen molar-refractivity contribution >= 4 is 23.1 Å². The fourth-order valence-electron chi connectivity index (χ4n) is 3.63. The number of fused-ring (bicyclic) bond motifs is 1. The van der Waals surface area contributed by atoms with Gasteiger partial charge in [0.2, 0.25) is 0 Å². The van der Waals surface area contributed by atoms with E-state index in [1.807, 2.05) is 67.9 Å². The number of nitrogens with one attached hydrogen (secondary N) is 3. The number of amides is 2. The van der Waals surface area contributed by atoms with Gasteiger partial charge in [-0.1, -0.05) is 35.9 Å². The van der Waals surface area contributed by atoms with E-state index in [0.29, 0.717) is 11.3 Å². The Balaban J connectivity index is 1.33. The van der Waals surface area contributed by atoms with E-state index in [2.05, 4.69) is 21.2 Å². The highest BCUT2D eigenvalue weighted by atomic mass is 16.5. The van der Waals surface area contributed by atoms with E-state index in [4.69, 9.17) is 4.74 Å². The monoisotopic (exact) mass is 457 g/mol. The number of hydrogen-bond donors (Lipinski definition) is 3. The number of anilines is 1. The zero-order chi connectivity index (χ0) is 24.1. The summed E-state index contributed by atoms with van der Waals surface area (Å²) in [7, 11) is 0. The van der Waals surface area contributed by atoms with E-state index >= 15 is 0 Å². The molecule has 4 rings (SSSR count). The quantitative estimate of drug-likeness (QED) is 0.368. The molecule has 0 aliphatic rings. The van der Waals surface area contributed by atoms with Gasteiger partial charge >= 0.3 is 0 Å². The number of imidazole rings is 1. The summed E-state index contributed by atoms with van der Waals surface area (Å²) >= 11 is 0. The summed E-state index contributed by atoms with van der Waals surface area (Å²) in [5, 5.41) is 3.07. The van der Waals surface area contributed by atoms with Crippen LogP contribution < -0.4 is 20.9 Å². The molecule has 0 aliphatic carbocycles. The van der Waals surface area contributed by atoms with Gasteiger partial charge in [0, 0.05) is 18.1 Å². The van der Waals surface area contributed by atoms with Crippen LogP contribution in [0.2, 0.25) is 0 Å². The van der Waals surface area contributed by atoms with Crippen LogP contribution >= 0.6 is 0 Å². The average molecular weight is 458 g/mol. The number of aromatic nitrogens is 2. The molecule has 8 nitrogen and oxygen atoms in total. The lowest BCUT2D eigenvalue weighted by molar-refractivity contribution is -0.120. The molecule has 0 unspecified atom stereocenters. The standard InChI is InChI=1S/C26H27N5O3/c1-17-10-11-22(19(3)13-17)27-14-24(32)29-30-26(33)21-8-4-5-9-23(21)34-16-20-15-31-12-6-7-18(2)25(31)28-20/h4-13,15,27H,14,16H2,1-3H3,(H,29,32)(H,30,33). The third-order valence-electron chi connectivity index (χ3n) is 5.37. The number of carbonyl (C=O) groups is 2. The van der Waals surface area contributed by atoms with Gasteiger partial charge in [-0.05, 0) is 56.2 Å². The smallest absolute Gasteiger partial charge is 0.273 e. The van der Waals surface area contributed by atoms with Crippen LogP contribution in [-0.4, -0.2) is 27.7 Å². The van der Waals surface area contributed by atoms with Crippen molar-refractivity contribution in [1.29, 1.82) is 0 Å². The van der Waals surface area contributed by atoms with Gasteiger partial charge in [0.25, 0.3) is 11.8 Å². The summed E-state index contributed by atoms with van der Waals surface area (Å²) in [6.07, 6.45) is 3.83. The fraction of sp³-hybridized carbons (Fsp3) is 0.192. The second kappa shape index (κ2) is 10.1. The van der Waals surface area contributed by atoms with Crippen LogP contribution in [0, 0.1) is 20.8 Å². The number of carbonyl (C=O) groups excluding carboxylic acids is 2. The van der Waals surface area contributed by atoms with Crippen molar-refractivity contribution in [2.75, 3.05) is 11.9 Å². The van der Waals surface area contributed by atoms with Crippen LogP contribution in [0.15, 0.2) is 67.0 Å². The first-order valence-electron chi connectivity index (χ1n) is 11.0. The topological polar surface area (TPSA) is 96.8 Å². The summed E-state index contributed by atoms with van der Waals surface area (Å²) in [5.41, 5.74) is 10.9. The fourth-order valence-corrected chi connectivity index (χ4v) is 3.63. The lowest BCUT2D eigenvalue weighted by Gasteiger charge is -2.13. The molecule has 174 valence electrons. The van der Waals surface area contributed by atoms with Crippen molar-refractivity contribution in [3.8, 4) is 5.75 Å². The number of rotatable bonds is 7. The lowest BCUT2D eigenvalue weighted by atomic mass is 10.1. The van der Waals surface area contributed by atoms with E-state index in [1.165, 1.54) is 0 Å². The molecule has 0 radical (unpaired) electrons. The highest BCUT2D eigenvalue weighted by Gasteiger charge is 2.14. The van der Waals surface area contributed by atoms with Gasteiger partial charge in [0.1, 0.15) is 18.0 Å². The van der Waals surface area contributed by atoms with Crippen LogP contribution in [0.5, 0.6) is 5.75 Å². The zero-order valence-electron chi connectivity index (χ0n) is 19.4. The number of ether oxygens (including phenoxy) is 1. The van der Waals surface area contributed by atoms with Gasteiger partial charge in [-0.2, -0.15) is 0 Å². The van der Waals surface area contributed by atoms with Gasteiger partial charge in [0.15, 0.2) is 0 Å². The minimum atomic E-state index is -0.471. The molecule has 0 saturated carbocycles. The highest BCUT2D eigenvalue weighted by molar-refractivity contribution is 5.98. The second-order valence-electron chi connectivity index (χ2n) is 8.11. The third kappa shape index (κ3) is 5.35. The van der Waals surface area contributed by atoms with E-state index in [0.717, 1.165) is 33.7 Å². The van der Waals surface area contributed by atoms with E-state index in [1.54, 1.807) is 24.3 Å². The van der Waals surface area contributed by atoms with Crippen LogP contribution in [0.3, 0.4) is 0 Å². The number of hydrogen-bond acceptors (Lipinski definition) is 5. The molecule has 0 aliphatic heterocycles. The van der Waals surface area contributed by atoms with Crippen molar-refractivity contribution in [1.82, 2.24) is 20.2 Å². The Labute approximate surface area is 197 Å². The number of para-hydroxylation sites is 1.